The van der Waals surface area contributed by atoms with Crippen LogP contribution in [0, 0.1) is 0 Å². The van der Waals surface area contributed by atoms with Crippen molar-refractivity contribution in [3.8, 4) is 67.5 Å². The van der Waals surface area contributed by atoms with E-state index >= 15 is 0 Å². The van der Waals surface area contributed by atoms with Gasteiger partial charge < -0.3 is 17.7 Å². The highest BCUT2D eigenvalue weighted by Crippen LogP contribution is 2.51. The predicted octanol–water partition coefficient (Wildman–Crippen LogP) is 21.5. The van der Waals surface area contributed by atoms with Gasteiger partial charge in [0.05, 0.1) is 0 Å². The molecule has 8 heteroatoms. The third kappa shape index (κ3) is 16.3. The van der Waals surface area contributed by atoms with Crippen LogP contribution in [0.3, 0.4) is 0 Å². The first-order valence-corrected chi connectivity index (χ1v) is 52.3. The molecule has 0 atom stereocenters. The van der Waals surface area contributed by atoms with Crippen molar-refractivity contribution in [1.29, 1.82) is 0 Å². The van der Waals surface area contributed by atoms with Crippen LogP contribution in [0.5, 0.6) is 23.0 Å². The topological polar surface area (TPSA) is 36.9 Å². The van der Waals surface area contributed by atoms with Gasteiger partial charge >= 0.3 is 33.3 Å². The van der Waals surface area contributed by atoms with Gasteiger partial charge in [0.1, 0.15) is 23.0 Å². The zero-order valence-corrected chi connectivity index (χ0v) is 75.9. The van der Waals surface area contributed by atoms with Crippen LogP contribution in [0.1, 0.15) is 34.1 Å². The summed E-state index contributed by atoms with van der Waals surface area (Å²) in [4.78, 5) is 0. The van der Waals surface area contributed by atoms with Gasteiger partial charge in [0.2, 0.25) is 0 Å². The molecule has 0 bridgehead atoms. The molecule has 20 rings (SSSR count). The molecule has 0 heterocycles. The predicted molar refractivity (Wildman–Crippen MR) is 550 cm³/mol. The molecule has 0 aromatic heterocycles. The highest BCUT2D eigenvalue weighted by atomic mass is 28.4. The summed E-state index contributed by atoms with van der Waals surface area (Å²) in [5.41, 5.74) is 12.0. The Labute approximate surface area is 767 Å². The van der Waals surface area contributed by atoms with Crippen LogP contribution < -0.4 is 79.9 Å². The molecule has 0 fully saturated rings. The molecule has 0 spiro atoms. The SMILES string of the molecule is c1ccc(-c2cc(C(c3ccc(O[Si](c4ccccc4)(c4ccccc4)c4ccccc4)c(-c4ccccc4)c3)C(c3ccc(O[Si](c4ccccc4)(c4ccccc4)c4ccccc4)c(-c4ccccc4)c3)c3ccc(O[Si](c4ccccc4)(c4ccccc4)c4ccccc4)c(-c4ccccc4)c3)ccc2O[Si](c2ccccc2)(c2ccccc2)c2ccccc2)cc1. The van der Waals surface area contributed by atoms with Crippen molar-refractivity contribution in [3.05, 3.63) is 580 Å². The third-order valence-corrected chi connectivity index (χ3v) is 41.2. The first kappa shape index (κ1) is 82.7. The van der Waals surface area contributed by atoms with Crippen LogP contribution in [0.4, 0.5) is 0 Å². The van der Waals surface area contributed by atoms with Gasteiger partial charge in [-0.05, 0) is 155 Å². The summed E-state index contributed by atoms with van der Waals surface area (Å²) in [5, 5.41) is 13.5. The second-order valence-corrected chi connectivity index (χ2v) is 46.2. The third-order valence-electron chi connectivity index (χ3n) is 25.3. The molecule has 0 unspecified atom stereocenters. The summed E-state index contributed by atoms with van der Waals surface area (Å²) in [6.07, 6.45) is 0. The molecule has 0 amide bonds. The van der Waals surface area contributed by atoms with Crippen molar-refractivity contribution in [2.24, 2.45) is 0 Å². The van der Waals surface area contributed by atoms with Gasteiger partial charge in [-0.15, -0.1) is 0 Å². The summed E-state index contributed by atoms with van der Waals surface area (Å²) >= 11 is 0. The standard InChI is InChI=1S/C122H94O4Si4/c1-17-49-93(50-18-1)113-89-97(81-85-117(113)123-127(101-57-25-5-26-58-101,102-59-27-6-28-60-102)103-61-29-7-30-62-103)121(98-82-86-118(114(90-98)94-51-19-2-20-52-94)124-128(104-63-31-8-32-64-104,105-65-33-9-34-66-105)106-67-35-10-36-68-106)122(99-83-87-119(115(91-99)95-53-21-3-22-54-95)125-129(107-69-37-11-38-70-107,108-71-39-12-40-72-108)109-73-41-13-42-74-109)100-84-88-120(116(92-100)96-55-23-4-24-56-96)126-130(110-75-43-14-44-76-110,111-77-45-15-46-78-111)112-79-47-16-48-80-112/h1-92,121-122H. The molecule has 622 valence electrons. The Balaban J connectivity index is 0.901. The highest BCUT2D eigenvalue weighted by Gasteiger charge is 2.49. The molecular weight excluding hydrogens is 1640 g/mol. The normalized spacial score (nSPS) is 11.7. The van der Waals surface area contributed by atoms with Crippen LogP contribution in [-0.4, -0.2) is 33.3 Å². The summed E-state index contributed by atoms with van der Waals surface area (Å²) in [6, 6.07) is 203. The summed E-state index contributed by atoms with van der Waals surface area (Å²) in [6.45, 7) is 0. The van der Waals surface area contributed by atoms with Crippen LogP contribution in [0.15, 0.2) is 558 Å². The molecule has 130 heavy (non-hydrogen) atoms. The van der Waals surface area contributed by atoms with Gasteiger partial charge in [0.15, 0.2) is 0 Å². The number of hydrogen-bond donors (Lipinski definition) is 0. The second-order valence-electron chi connectivity index (χ2n) is 33.0. The number of rotatable bonds is 29. The van der Waals surface area contributed by atoms with E-state index in [1.807, 2.05) is 0 Å². The van der Waals surface area contributed by atoms with E-state index in [0.29, 0.717) is 0 Å². The van der Waals surface area contributed by atoms with Crippen molar-refractivity contribution in [2.75, 3.05) is 0 Å². The molecular formula is C122H94O4Si4. The molecule has 4 nitrogen and oxygen atoms in total. The smallest absolute Gasteiger partial charge is 0.346 e. The fraction of sp³-hybridized carbons (Fsp3) is 0.0164. The fourth-order valence-corrected chi connectivity index (χ4v) is 34.7. The zero-order valence-electron chi connectivity index (χ0n) is 71.9. The van der Waals surface area contributed by atoms with Crippen molar-refractivity contribution in [2.45, 2.75) is 11.8 Å². The zero-order chi connectivity index (χ0) is 87.2. The first-order valence-electron chi connectivity index (χ1n) is 44.6. The largest absolute Gasteiger partial charge is 0.530 e. The summed E-state index contributed by atoms with van der Waals surface area (Å²) in [5.74, 6) is 1.98. The van der Waals surface area contributed by atoms with E-state index < -0.39 is 45.1 Å². The average molecular weight is 1740 g/mol. The Morgan fingerprint density at radius 1 is 0.123 bits per heavy atom. The molecule has 20 aromatic rings. The lowest BCUT2D eigenvalue weighted by atomic mass is 9.72. The summed E-state index contributed by atoms with van der Waals surface area (Å²) in [7, 11) is -14.0. The van der Waals surface area contributed by atoms with Gasteiger partial charge in [-0.1, -0.05) is 510 Å². The Morgan fingerprint density at radius 2 is 0.238 bits per heavy atom. The van der Waals surface area contributed by atoms with E-state index in [2.05, 4.69) is 558 Å². The molecule has 0 N–H and O–H groups in total. The lowest BCUT2D eigenvalue weighted by Gasteiger charge is -2.36. The molecule has 0 saturated carbocycles. The van der Waals surface area contributed by atoms with Crippen LogP contribution >= 0.6 is 0 Å². The van der Waals surface area contributed by atoms with E-state index in [0.717, 1.165) is 152 Å². The second kappa shape index (κ2) is 38.0. The van der Waals surface area contributed by atoms with E-state index in [1.165, 1.54) is 0 Å². The monoisotopic (exact) mass is 1730 g/mol. The van der Waals surface area contributed by atoms with E-state index in [1.54, 1.807) is 0 Å². The lowest BCUT2D eigenvalue weighted by molar-refractivity contribution is 0.574. The Bertz CT molecular complexity index is 5850. The lowest BCUT2D eigenvalue weighted by Crippen LogP contribution is -2.71. The minimum absolute atomic E-state index is 0.532. The number of hydrogen-bond acceptors (Lipinski definition) is 4. The molecule has 0 aliphatic rings. The van der Waals surface area contributed by atoms with Crippen LogP contribution in [0.25, 0.3) is 44.5 Å². The minimum atomic E-state index is -3.49. The number of benzene rings is 20. The van der Waals surface area contributed by atoms with E-state index in [4.69, 9.17) is 17.7 Å². The highest BCUT2D eigenvalue weighted by molar-refractivity contribution is 7.09. The molecule has 0 saturated heterocycles. The molecule has 0 aliphatic carbocycles. The van der Waals surface area contributed by atoms with Gasteiger partial charge in [0.25, 0.3) is 0 Å². The minimum Gasteiger partial charge on any atom is -0.530 e. The van der Waals surface area contributed by atoms with Crippen molar-refractivity contribution in [3.63, 3.8) is 0 Å². The fourth-order valence-electron chi connectivity index (χ4n) is 19.3. The first-order chi connectivity index (χ1) is 64.4. The molecule has 0 radical (unpaired) electrons. The maximum absolute atomic E-state index is 8.40. The van der Waals surface area contributed by atoms with E-state index in [-0.39, 0.29) is 0 Å². The van der Waals surface area contributed by atoms with Crippen LogP contribution in [0.2, 0.25) is 0 Å². The van der Waals surface area contributed by atoms with Crippen LogP contribution in [-0.2, 0) is 0 Å². The van der Waals surface area contributed by atoms with Crippen molar-refractivity contribution >= 4 is 95.5 Å². The average Bonchev–Trinajstić information content (AvgIpc) is 0.745. The molecule has 0 aliphatic heterocycles. The quantitative estimate of drug-likeness (QED) is 0.0346. The Hall–Kier alpha value is -15.5. The van der Waals surface area contributed by atoms with E-state index in [9.17, 15) is 0 Å². The maximum atomic E-state index is 8.40. The Morgan fingerprint density at radius 3 is 0.362 bits per heavy atom. The maximum Gasteiger partial charge on any atom is 0.346 e. The van der Waals surface area contributed by atoms with Gasteiger partial charge in [-0.2, -0.15) is 0 Å². The van der Waals surface area contributed by atoms with Gasteiger partial charge in [-0.25, -0.2) is 0 Å². The van der Waals surface area contributed by atoms with Gasteiger partial charge in [-0.3, -0.25) is 0 Å². The summed E-state index contributed by atoms with van der Waals surface area (Å²) < 4.78 is 33.6. The van der Waals surface area contributed by atoms with Crippen molar-refractivity contribution < 1.29 is 17.7 Å². The Kier molecular flexibility index (Phi) is 24.2. The van der Waals surface area contributed by atoms with Gasteiger partial charge in [0, 0.05) is 34.1 Å². The molecule has 20 aromatic carbocycles. The van der Waals surface area contributed by atoms with Crippen molar-refractivity contribution in [1.82, 2.24) is 0 Å².